The van der Waals surface area contributed by atoms with Gasteiger partial charge in [-0.25, -0.2) is 8.78 Å². The second-order valence-electron chi connectivity index (χ2n) is 22.7. The van der Waals surface area contributed by atoms with Crippen molar-refractivity contribution in [2.75, 3.05) is 39.3 Å². The molecule has 0 bridgehead atoms. The molecule has 0 unspecified atom stereocenters. The molecule has 0 radical (unpaired) electrons. The molecular formula is C58H70F8N6O2. The maximum atomic E-state index is 14.0. The molecule has 2 aromatic carbocycles. The molecular weight excluding hydrogens is 965 g/mol. The summed E-state index contributed by atoms with van der Waals surface area (Å²) in [5.74, 6) is 0.873. The fraction of sp³-hybridized carbons (Fsp3) is 0.586. The first-order valence-corrected chi connectivity index (χ1v) is 26.8. The fourth-order valence-corrected chi connectivity index (χ4v) is 13.5. The Balaban J connectivity index is 0.000000182. The minimum Gasteiger partial charge on any atom is -0.337 e. The van der Waals surface area contributed by atoms with Crippen molar-refractivity contribution in [1.82, 2.24) is 29.6 Å². The van der Waals surface area contributed by atoms with Crippen LogP contribution < -0.4 is 0 Å². The smallest absolute Gasteiger partial charge is 0.337 e. The van der Waals surface area contributed by atoms with Crippen LogP contribution in [0.2, 0.25) is 0 Å². The standard InChI is InChI=1S/2C29H35F4N3O/c2*1-19(2)28(27(37)36-14-10-26-22(18-36)15-23(17-34-26)29(31,32)33)11-7-25(16-28)35-12-8-21(9-13-35)20-3-5-24(30)6-4-20/h2*3-6,15,17,19,21,25H,7-14,16,18H2,1-2H3/t25-,28+;25-,28-/m10/s1. The van der Waals surface area contributed by atoms with Crippen molar-refractivity contribution in [3.8, 4) is 0 Å². The molecule has 4 fully saturated rings. The summed E-state index contributed by atoms with van der Waals surface area (Å²) >= 11 is 0. The molecule has 6 aliphatic rings. The molecule has 8 nitrogen and oxygen atoms in total. The number of piperidine rings is 2. The second-order valence-corrected chi connectivity index (χ2v) is 22.7. The average Bonchev–Trinajstić information content (AvgIpc) is 4.06. The molecule has 4 atom stereocenters. The van der Waals surface area contributed by atoms with E-state index in [2.05, 4.69) is 47.5 Å². The zero-order valence-electron chi connectivity index (χ0n) is 43.1. The number of halogens is 8. The lowest BCUT2D eigenvalue weighted by molar-refractivity contribution is -0.147. The van der Waals surface area contributed by atoms with Crippen LogP contribution in [0.15, 0.2) is 73.1 Å². The number of carbonyl (C=O) groups excluding carboxylic acids is 2. The number of carbonyl (C=O) groups is 2. The van der Waals surface area contributed by atoms with Crippen LogP contribution in [0.4, 0.5) is 35.1 Å². The van der Waals surface area contributed by atoms with Crippen LogP contribution >= 0.6 is 0 Å². The molecule has 2 saturated carbocycles. The third-order valence-electron chi connectivity index (χ3n) is 18.2. The van der Waals surface area contributed by atoms with E-state index in [9.17, 15) is 44.7 Å². The number of nitrogens with zero attached hydrogens (tertiary/aromatic N) is 6. The van der Waals surface area contributed by atoms with E-state index in [0.717, 1.165) is 115 Å². The highest BCUT2D eigenvalue weighted by Gasteiger charge is 2.53. The molecule has 4 aromatic rings. The second kappa shape index (κ2) is 21.6. The summed E-state index contributed by atoms with van der Waals surface area (Å²) in [5, 5.41) is 0. The van der Waals surface area contributed by atoms with Crippen LogP contribution in [0, 0.1) is 34.3 Å². The van der Waals surface area contributed by atoms with E-state index in [4.69, 9.17) is 0 Å². The predicted octanol–water partition coefficient (Wildman–Crippen LogP) is 12.4. The van der Waals surface area contributed by atoms with E-state index < -0.39 is 34.3 Å². The van der Waals surface area contributed by atoms with Crippen LogP contribution in [0.1, 0.15) is 149 Å². The number of alkyl halides is 6. The van der Waals surface area contributed by atoms with Crippen LogP contribution in [0.5, 0.6) is 0 Å². The quantitative estimate of drug-likeness (QED) is 0.164. The van der Waals surface area contributed by atoms with Crippen molar-refractivity contribution in [2.45, 2.75) is 154 Å². The molecule has 2 aliphatic carbocycles. The first-order valence-electron chi connectivity index (χ1n) is 26.8. The molecule has 4 aliphatic heterocycles. The number of rotatable bonds is 8. The van der Waals surface area contributed by atoms with Crippen molar-refractivity contribution < 1.29 is 44.7 Å². The number of hydrogen-bond acceptors (Lipinski definition) is 6. The Kier molecular flexibility index (Phi) is 15.7. The van der Waals surface area contributed by atoms with Crippen molar-refractivity contribution >= 4 is 11.8 Å². The van der Waals surface area contributed by atoms with Gasteiger partial charge in [0.2, 0.25) is 11.8 Å². The highest BCUT2D eigenvalue weighted by Crippen LogP contribution is 2.50. The number of pyridine rings is 2. The van der Waals surface area contributed by atoms with Gasteiger partial charge in [-0.05, 0) is 173 Å². The largest absolute Gasteiger partial charge is 0.417 e. The van der Waals surface area contributed by atoms with Gasteiger partial charge in [0.05, 0.1) is 22.0 Å². The summed E-state index contributed by atoms with van der Waals surface area (Å²) in [7, 11) is 0. The zero-order chi connectivity index (χ0) is 52.7. The van der Waals surface area contributed by atoms with Crippen LogP contribution in [-0.4, -0.2) is 92.7 Å². The highest BCUT2D eigenvalue weighted by molar-refractivity contribution is 5.84. The third kappa shape index (κ3) is 11.3. The molecule has 2 amide bonds. The number of hydrogen-bond donors (Lipinski definition) is 0. The summed E-state index contributed by atoms with van der Waals surface area (Å²) < 4.78 is 106. The van der Waals surface area contributed by atoms with E-state index >= 15 is 0 Å². The van der Waals surface area contributed by atoms with Crippen LogP contribution in [-0.2, 0) is 47.9 Å². The number of amides is 2. The van der Waals surface area contributed by atoms with Gasteiger partial charge in [0.15, 0.2) is 0 Å². The minimum atomic E-state index is -4.45. The fourth-order valence-electron chi connectivity index (χ4n) is 13.5. The monoisotopic (exact) mass is 1030 g/mol. The average molecular weight is 1040 g/mol. The summed E-state index contributed by atoms with van der Waals surface area (Å²) in [6.45, 7) is 13.6. The van der Waals surface area contributed by atoms with E-state index in [0.29, 0.717) is 72.4 Å². The van der Waals surface area contributed by atoms with Crippen molar-refractivity contribution in [3.63, 3.8) is 0 Å². The molecule has 2 aromatic heterocycles. The number of fused-ring (bicyclic) bond motifs is 2. The molecule has 6 heterocycles. The van der Waals surface area contributed by atoms with Gasteiger partial charge in [-0.2, -0.15) is 26.3 Å². The van der Waals surface area contributed by atoms with Gasteiger partial charge in [-0.3, -0.25) is 19.6 Å². The number of benzene rings is 2. The molecule has 16 heteroatoms. The van der Waals surface area contributed by atoms with Gasteiger partial charge >= 0.3 is 12.4 Å². The lowest BCUT2D eigenvalue weighted by Crippen LogP contribution is -2.49. The molecule has 10 rings (SSSR count). The van der Waals surface area contributed by atoms with Gasteiger partial charge in [0.1, 0.15) is 11.6 Å². The summed E-state index contributed by atoms with van der Waals surface area (Å²) in [5.41, 5.74) is 2.19. The van der Waals surface area contributed by atoms with E-state index in [1.54, 1.807) is 9.80 Å². The van der Waals surface area contributed by atoms with Gasteiger partial charge in [-0.1, -0.05) is 52.0 Å². The molecule has 0 N–H and O–H groups in total. The van der Waals surface area contributed by atoms with Gasteiger partial charge in [0, 0.05) is 74.9 Å². The maximum Gasteiger partial charge on any atom is 0.417 e. The number of aromatic nitrogens is 2. The molecule has 74 heavy (non-hydrogen) atoms. The molecule has 0 spiro atoms. The van der Waals surface area contributed by atoms with E-state index in [1.165, 1.54) is 35.4 Å². The Hall–Kier alpha value is -4.96. The first-order chi connectivity index (χ1) is 35.1. The Morgan fingerprint density at radius 1 is 0.541 bits per heavy atom. The minimum absolute atomic E-state index is 0.0780. The molecule has 2 saturated heterocycles. The van der Waals surface area contributed by atoms with Crippen molar-refractivity contribution in [2.24, 2.45) is 22.7 Å². The zero-order valence-corrected chi connectivity index (χ0v) is 43.1. The first kappa shape index (κ1) is 53.9. The third-order valence-corrected chi connectivity index (χ3v) is 18.2. The maximum absolute atomic E-state index is 14.0. The van der Waals surface area contributed by atoms with Crippen molar-refractivity contribution in [1.29, 1.82) is 0 Å². The SMILES string of the molecule is CC(C)[C@]1(C(=O)N2CCc3ncc(C(F)(F)F)cc3C2)CC[C@@H](N2CCC(c3ccc(F)cc3)CC2)C1.CC(C)[C@]1(C(=O)N2CCc3ncc(C(F)(F)F)cc3C2)CC[C@H](N2CCC(c3ccc(F)cc3)CC2)C1. The Morgan fingerprint density at radius 2 is 0.892 bits per heavy atom. The molecule has 400 valence electrons. The topological polar surface area (TPSA) is 72.9 Å². The highest BCUT2D eigenvalue weighted by atomic mass is 19.4. The lowest BCUT2D eigenvalue weighted by atomic mass is 9.73. The Morgan fingerprint density at radius 3 is 1.22 bits per heavy atom. The Labute approximate surface area is 430 Å². The van der Waals surface area contributed by atoms with Gasteiger partial charge in [0.25, 0.3) is 0 Å². The van der Waals surface area contributed by atoms with Crippen molar-refractivity contribution in [3.05, 3.63) is 129 Å². The van der Waals surface area contributed by atoms with Crippen LogP contribution in [0.3, 0.4) is 0 Å². The van der Waals surface area contributed by atoms with Gasteiger partial charge < -0.3 is 19.6 Å². The summed E-state index contributed by atoms with van der Waals surface area (Å²) in [6, 6.07) is 16.6. The van der Waals surface area contributed by atoms with Crippen LogP contribution in [0.25, 0.3) is 0 Å². The van der Waals surface area contributed by atoms with E-state index in [1.807, 2.05) is 24.3 Å². The number of likely N-dealkylation sites (tertiary alicyclic amines) is 2. The predicted molar refractivity (Wildman–Crippen MR) is 266 cm³/mol. The summed E-state index contributed by atoms with van der Waals surface area (Å²) in [6.07, 6.45) is 3.00. The van der Waals surface area contributed by atoms with E-state index in [-0.39, 0.29) is 48.4 Å². The summed E-state index contributed by atoms with van der Waals surface area (Å²) in [4.78, 5) is 44.6. The normalized spacial score (nSPS) is 25.5. The lowest BCUT2D eigenvalue weighted by Gasteiger charge is -2.41. The Bertz CT molecular complexity index is 2430. The van der Waals surface area contributed by atoms with Gasteiger partial charge in [-0.15, -0.1) is 0 Å².